The van der Waals surface area contributed by atoms with Crippen LogP contribution in [0.2, 0.25) is 0 Å². The lowest BCUT2D eigenvalue weighted by atomic mass is 10.3. The van der Waals surface area contributed by atoms with Crippen LogP contribution in [0.1, 0.15) is 32.5 Å². The summed E-state index contributed by atoms with van der Waals surface area (Å²) in [5.41, 5.74) is 0.973. The van der Waals surface area contributed by atoms with E-state index in [0.29, 0.717) is 4.77 Å². The van der Waals surface area contributed by atoms with Crippen molar-refractivity contribution in [2.75, 3.05) is 0 Å². The molecule has 0 aliphatic heterocycles. The van der Waals surface area contributed by atoms with E-state index in [4.69, 9.17) is 12.2 Å². The summed E-state index contributed by atoms with van der Waals surface area (Å²) in [6.07, 6.45) is 0.851. The Labute approximate surface area is 103 Å². The van der Waals surface area contributed by atoms with Gasteiger partial charge in [0.2, 0.25) is 0 Å². The lowest BCUT2D eigenvalue weighted by molar-refractivity contribution is 0.597. The number of aryl methyl sites for hydroxylation is 1. The quantitative estimate of drug-likeness (QED) is 0.856. The number of aromatic nitrogens is 5. The van der Waals surface area contributed by atoms with E-state index >= 15 is 0 Å². The predicted molar refractivity (Wildman–Crippen MR) is 66.1 cm³/mol. The average molecular weight is 255 g/mol. The Hall–Kier alpha value is -1.08. The smallest absolute Gasteiger partial charge is 0.195 e. The van der Waals surface area contributed by atoms with E-state index in [0.717, 1.165) is 22.8 Å². The van der Waals surface area contributed by atoms with Crippen LogP contribution in [0.3, 0.4) is 0 Å². The second-order valence-electron chi connectivity index (χ2n) is 3.72. The number of H-pyrrole nitrogens is 1. The van der Waals surface area contributed by atoms with Gasteiger partial charge in [-0.05, 0) is 44.0 Å². The third kappa shape index (κ3) is 1.80. The molecule has 5 nitrogen and oxygen atoms in total. The third-order valence-electron chi connectivity index (χ3n) is 2.31. The minimum atomic E-state index is 0.271. The molecule has 0 amide bonds. The Morgan fingerprint density at radius 1 is 1.50 bits per heavy atom. The van der Waals surface area contributed by atoms with E-state index < -0.39 is 0 Å². The van der Waals surface area contributed by atoms with Gasteiger partial charge in [0, 0.05) is 6.04 Å². The largest absolute Gasteiger partial charge is 0.297 e. The molecule has 86 valence electrons. The van der Waals surface area contributed by atoms with Crippen LogP contribution in [0.5, 0.6) is 0 Å². The molecule has 0 fully saturated rings. The summed E-state index contributed by atoms with van der Waals surface area (Å²) in [7, 11) is 0. The molecule has 0 aromatic carbocycles. The van der Waals surface area contributed by atoms with E-state index in [1.807, 2.05) is 4.57 Å². The van der Waals surface area contributed by atoms with Crippen molar-refractivity contribution < 1.29 is 0 Å². The van der Waals surface area contributed by atoms with Gasteiger partial charge in [-0.2, -0.15) is 5.10 Å². The van der Waals surface area contributed by atoms with Crippen LogP contribution in [0.4, 0.5) is 0 Å². The summed E-state index contributed by atoms with van der Waals surface area (Å²) in [5.74, 6) is 0.840. The summed E-state index contributed by atoms with van der Waals surface area (Å²) >= 11 is 6.57. The van der Waals surface area contributed by atoms with Crippen molar-refractivity contribution in [1.82, 2.24) is 24.4 Å². The molecule has 0 aliphatic carbocycles. The maximum Gasteiger partial charge on any atom is 0.195 e. The Morgan fingerprint density at radius 2 is 2.25 bits per heavy atom. The van der Waals surface area contributed by atoms with Crippen LogP contribution in [0.15, 0.2) is 0 Å². The molecular weight excluding hydrogens is 242 g/mol. The van der Waals surface area contributed by atoms with Crippen molar-refractivity contribution in [1.29, 1.82) is 0 Å². The van der Waals surface area contributed by atoms with E-state index in [1.54, 1.807) is 0 Å². The van der Waals surface area contributed by atoms with Gasteiger partial charge in [-0.1, -0.05) is 11.4 Å². The topological polar surface area (TPSA) is 59.4 Å². The second-order valence-corrected chi connectivity index (χ2v) is 4.86. The molecule has 0 radical (unpaired) electrons. The summed E-state index contributed by atoms with van der Waals surface area (Å²) in [5, 5.41) is 11.2. The van der Waals surface area contributed by atoms with Gasteiger partial charge < -0.3 is 0 Å². The number of rotatable bonds is 3. The zero-order valence-corrected chi connectivity index (χ0v) is 11.0. The molecule has 7 heteroatoms. The van der Waals surface area contributed by atoms with Crippen molar-refractivity contribution >= 4 is 23.8 Å². The third-order valence-corrected chi connectivity index (χ3v) is 3.37. The molecule has 2 aromatic rings. The van der Waals surface area contributed by atoms with Gasteiger partial charge in [0.25, 0.3) is 0 Å². The Morgan fingerprint density at radius 3 is 2.88 bits per heavy atom. The van der Waals surface area contributed by atoms with Gasteiger partial charge in [-0.3, -0.25) is 9.67 Å². The van der Waals surface area contributed by atoms with Crippen LogP contribution < -0.4 is 0 Å². The fourth-order valence-corrected chi connectivity index (χ4v) is 2.63. The van der Waals surface area contributed by atoms with Crippen LogP contribution in [-0.2, 0) is 6.42 Å². The zero-order chi connectivity index (χ0) is 11.7. The van der Waals surface area contributed by atoms with Gasteiger partial charge in [-0.15, -0.1) is 5.10 Å². The number of hydrogen-bond acceptors (Lipinski definition) is 5. The van der Waals surface area contributed by atoms with Gasteiger partial charge >= 0.3 is 0 Å². The fraction of sp³-hybridized carbons (Fsp3) is 0.556. The predicted octanol–water partition coefficient (Wildman–Crippen LogP) is 2.60. The summed E-state index contributed by atoms with van der Waals surface area (Å²) < 4.78 is 6.60. The number of nitrogens with zero attached hydrogens (tertiary/aromatic N) is 4. The van der Waals surface area contributed by atoms with E-state index in [1.165, 1.54) is 11.5 Å². The maximum atomic E-state index is 5.21. The first-order valence-electron chi connectivity index (χ1n) is 5.13. The number of aromatic amines is 1. The fourth-order valence-electron chi connectivity index (χ4n) is 1.55. The highest BCUT2D eigenvalue weighted by atomic mass is 32.1. The Balaban J connectivity index is 2.61. The van der Waals surface area contributed by atoms with Gasteiger partial charge in [0.05, 0.1) is 5.69 Å². The van der Waals surface area contributed by atoms with Crippen molar-refractivity contribution in [3.05, 3.63) is 10.5 Å². The van der Waals surface area contributed by atoms with Crippen LogP contribution in [-0.4, -0.2) is 24.4 Å². The first kappa shape index (κ1) is 11.4. The molecule has 0 aliphatic rings. The average Bonchev–Trinajstić information content (AvgIpc) is 2.82. The molecule has 0 unspecified atom stereocenters. The summed E-state index contributed by atoms with van der Waals surface area (Å²) in [6.45, 7) is 6.21. The lowest BCUT2D eigenvalue weighted by Gasteiger charge is -2.08. The van der Waals surface area contributed by atoms with Crippen molar-refractivity contribution in [3.8, 4) is 10.7 Å². The highest BCUT2D eigenvalue weighted by molar-refractivity contribution is 7.71. The molecule has 2 rings (SSSR count). The summed E-state index contributed by atoms with van der Waals surface area (Å²) in [4.78, 5) is 1.00. The number of nitrogens with one attached hydrogen (secondary N) is 1. The number of hydrogen-bond donors (Lipinski definition) is 1. The highest BCUT2D eigenvalue weighted by Gasteiger charge is 2.17. The highest BCUT2D eigenvalue weighted by Crippen LogP contribution is 2.26. The van der Waals surface area contributed by atoms with Crippen molar-refractivity contribution in [3.63, 3.8) is 0 Å². The molecule has 0 spiro atoms. The molecule has 2 aromatic heterocycles. The van der Waals surface area contributed by atoms with Crippen LogP contribution in [0, 0.1) is 4.77 Å². The SMILES string of the molecule is CCc1nnsc1-c1n[nH]c(=S)n1C(C)C. The van der Waals surface area contributed by atoms with Crippen LogP contribution in [0.25, 0.3) is 10.7 Å². The molecule has 0 atom stereocenters. The molecule has 16 heavy (non-hydrogen) atoms. The maximum absolute atomic E-state index is 5.21. The minimum Gasteiger partial charge on any atom is -0.297 e. The van der Waals surface area contributed by atoms with Crippen molar-refractivity contribution in [2.24, 2.45) is 0 Å². The van der Waals surface area contributed by atoms with Crippen LogP contribution >= 0.6 is 23.8 Å². The molecule has 0 saturated heterocycles. The monoisotopic (exact) mass is 255 g/mol. The normalized spacial score (nSPS) is 11.2. The van der Waals surface area contributed by atoms with Crippen molar-refractivity contribution in [2.45, 2.75) is 33.2 Å². The minimum absolute atomic E-state index is 0.271. The van der Waals surface area contributed by atoms with Gasteiger partial charge in [0.1, 0.15) is 4.88 Å². The molecule has 0 bridgehead atoms. The summed E-state index contributed by atoms with van der Waals surface area (Å²) in [6, 6.07) is 0.271. The molecule has 0 saturated carbocycles. The van der Waals surface area contributed by atoms with E-state index in [9.17, 15) is 0 Å². The van der Waals surface area contributed by atoms with Gasteiger partial charge in [-0.25, -0.2) is 0 Å². The Bertz CT molecular complexity index is 536. The zero-order valence-electron chi connectivity index (χ0n) is 9.39. The standard InChI is InChI=1S/C9H13N5S2/c1-4-6-7(16-13-10-6)8-11-12-9(15)14(8)5(2)3/h5H,4H2,1-3H3,(H,12,15). The molecular formula is C9H13N5S2. The lowest BCUT2D eigenvalue weighted by Crippen LogP contribution is -2.03. The first-order valence-corrected chi connectivity index (χ1v) is 6.31. The Kier molecular flexibility index (Phi) is 3.15. The van der Waals surface area contributed by atoms with E-state index in [2.05, 4.69) is 40.6 Å². The molecule has 2 heterocycles. The second kappa shape index (κ2) is 4.42. The van der Waals surface area contributed by atoms with Gasteiger partial charge in [0.15, 0.2) is 10.6 Å². The van der Waals surface area contributed by atoms with E-state index in [-0.39, 0.29) is 6.04 Å². The molecule has 1 N–H and O–H groups in total. The first-order chi connectivity index (χ1) is 7.65.